The van der Waals surface area contributed by atoms with E-state index < -0.39 is 17.7 Å². The number of imidazole rings is 1. The highest BCUT2D eigenvalue weighted by molar-refractivity contribution is 6.46. The predicted molar refractivity (Wildman–Crippen MR) is 140 cm³/mol. The van der Waals surface area contributed by atoms with Gasteiger partial charge in [-0.05, 0) is 44.4 Å². The first-order valence-corrected chi connectivity index (χ1v) is 12.6. The molecular weight excluding hydrogens is 470 g/mol. The maximum Gasteiger partial charge on any atom is 0.295 e. The Morgan fingerprint density at radius 3 is 2.49 bits per heavy atom. The highest BCUT2D eigenvalue weighted by Crippen LogP contribution is 2.42. The molecule has 1 fully saturated rings. The van der Waals surface area contributed by atoms with Crippen molar-refractivity contribution in [3.63, 3.8) is 0 Å². The lowest BCUT2D eigenvalue weighted by Gasteiger charge is -2.26. The number of aliphatic hydroxyl groups excluding tert-OH is 1. The zero-order valence-corrected chi connectivity index (χ0v) is 21.5. The minimum absolute atomic E-state index is 0.0705. The first kappa shape index (κ1) is 26.0. The lowest BCUT2D eigenvalue weighted by atomic mass is 9.94. The van der Waals surface area contributed by atoms with E-state index in [9.17, 15) is 14.7 Å². The largest absolute Gasteiger partial charge is 0.507 e. The third kappa shape index (κ3) is 5.69. The van der Waals surface area contributed by atoms with Crippen molar-refractivity contribution in [1.29, 1.82) is 0 Å². The Morgan fingerprint density at radius 1 is 1.03 bits per heavy atom. The van der Waals surface area contributed by atoms with Gasteiger partial charge in [0.2, 0.25) is 0 Å². The molecule has 8 nitrogen and oxygen atoms in total. The van der Waals surface area contributed by atoms with Gasteiger partial charge in [0, 0.05) is 31.0 Å². The monoisotopic (exact) mass is 503 g/mol. The highest BCUT2D eigenvalue weighted by atomic mass is 16.5. The maximum absolute atomic E-state index is 13.3. The molecule has 1 N–H and O–H groups in total. The van der Waals surface area contributed by atoms with Crippen LogP contribution in [0.4, 0.5) is 0 Å². The van der Waals surface area contributed by atoms with E-state index >= 15 is 0 Å². The Kier molecular flexibility index (Phi) is 8.28. The zero-order chi connectivity index (χ0) is 26.4. The van der Waals surface area contributed by atoms with Gasteiger partial charge in [-0.25, -0.2) is 4.98 Å². The van der Waals surface area contributed by atoms with E-state index in [-0.39, 0.29) is 11.3 Å². The molecule has 8 heteroatoms. The molecule has 1 saturated heterocycles. The van der Waals surface area contributed by atoms with Crippen molar-refractivity contribution in [3.8, 4) is 11.5 Å². The number of rotatable bonds is 11. The summed E-state index contributed by atoms with van der Waals surface area (Å²) < 4.78 is 13.6. The highest BCUT2D eigenvalue weighted by Gasteiger charge is 2.46. The van der Waals surface area contributed by atoms with Crippen LogP contribution >= 0.6 is 0 Å². The molecule has 1 unspecified atom stereocenters. The minimum atomic E-state index is -0.761. The first-order chi connectivity index (χ1) is 17.9. The smallest absolute Gasteiger partial charge is 0.295 e. The average Bonchev–Trinajstić information content (AvgIpc) is 3.50. The average molecular weight is 504 g/mol. The van der Waals surface area contributed by atoms with Gasteiger partial charge < -0.3 is 24.0 Å². The number of nitrogens with zero attached hydrogens (tertiary/aromatic N) is 3. The fraction of sp³-hybridized carbons (Fsp3) is 0.345. The van der Waals surface area contributed by atoms with Crippen LogP contribution < -0.4 is 9.47 Å². The lowest BCUT2D eigenvalue weighted by molar-refractivity contribution is -0.139. The van der Waals surface area contributed by atoms with E-state index in [0.29, 0.717) is 55.4 Å². The van der Waals surface area contributed by atoms with Gasteiger partial charge in [-0.15, -0.1) is 0 Å². The van der Waals surface area contributed by atoms with Gasteiger partial charge in [-0.3, -0.25) is 9.59 Å². The molecule has 4 rings (SSSR count). The van der Waals surface area contributed by atoms with Crippen molar-refractivity contribution in [2.75, 3.05) is 19.8 Å². The Morgan fingerprint density at radius 2 is 1.81 bits per heavy atom. The molecule has 0 aliphatic carbocycles. The summed E-state index contributed by atoms with van der Waals surface area (Å²) in [5.41, 5.74) is 2.25. The number of aromatic nitrogens is 2. The lowest BCUT2D eigenvalue weighted by Crippen LogP contribution is -2.31. The van der Waals surface area contributed by atoms with Gasteiger partial charge in [-0.1, -0.05) is 42.8 Å². The molecule has 2 heterocycles. The van der Waals surface area contributed by atoms with Crippen molar-refractivity contribution >= 4 is 17.4 Å². The van der Waals surface area contributed by atoms with Crippen molar-refractivity contribution < 1.29 is 24.2 Å². The van der Waals surface area contributed by atoms with Gasteiger partial charge >= 0.3 is 0 Å². The molecule has 37 heavy (non-hydrogen) atoms. The molecule has 2 aromatic carbocycles. The number of ether oxygens (including phenoxy) is 2. The molecule has 1 amide bonds. The number of hydrogen-bond donors (Lipinski definition) is 1. The fourth-order valence-corrected chi connectivity index (χ4v) is 4.46. The van der Waals surface area contributed by atoms with E-state index in [1.165, 1.54) is 4.90 Å². The summed E-state index contributed by atoms with van der Waals surface area (Å²) in [5, 5.41) is 11.3. The quantitative estimate of drug-likeness (QED) is 0.227. The SMILES string of the molecule is CCCOc1ccc(C2C(=C(O)c3ccc(C)cc3)C(=O)C(=O)N2CCCn2ccnc2)cc1OCC. The number of Topliss-reactive ketones (excluding diaryl/α,β-unsaturated/α-hetero) is 1. The van der Waals surface area contributed by atoms with Crippen LogP contribution in [0.3, 0.4) is 0 Å². The van der Waals surface area contributed by atoms with Crippen molar-refractivity contribution in [1.82, 2.24) is 14.5 Å². The summed E-state index contributed by atoms with van der Waals surface area (Å²) in [6.07, 6.45) is 6.73. The van der Waals surface area contributed by atoms with Gasteiger partial charge in [0.1, 0.15) is 5.76 Å². The molecule has 0 saturated carbocycles. The Hall–Kier alpha value is -4.07. The van der Waals surface area contributed by atoms with E-state index in [0.717, 1.165) is 12.0 Å². The van der Waals surface area contributed by atoms with Gasteiger partial charge in [0.05, 0.1) is 31.2 Å². The van der Waals surface area contributed by atoms with Crippen LogP contribution in [-0.2, 0) is 16.1 Å². The number of likely N-dealkylation sites (tertiary alicyclic amines) is 1. The molecule has 0 bridgehead atoms. The van der Waals surface area contributed by atoms with Crippen molar-refractivity contribution in [2.24, 2.45) is 0 Å². The third-order valence-electron chi connectivity index (χ3n) is 6.28. The van der Waals surface area contributed by atoms with E-state index in [2.05, 4.69) is 4.98 Å². The van der Waals surface area contributed by atoms with E-state index in [1.807, 2.05) is 49.7 Å². The number of hydrogen-bond acceptors (Lipinski definition) is 6. The number of carbonyl (C=O) groups is 2. The van der Waals surface area contributed by atoms with E-state index in [1.54, 1.807) is 36.8 Å². The third-order valence-corrected chi connectivity index (χ3v) is 6.28. The van der Waals surface area contributed by atoms with Crippen LogP contribution in [0.5, 0.6) is 11.5 Å². The Bertz CT molecular complexity index is 1270. The van der Waals surface area contributed by atoms with Crippen LogP contribution in [0.15, 0.2) is 66.8 Å². The number of amides is 1. The summed E-state index contributed by atoms with van der Waals surface area (Å²) in [4.78, 5) is 32.2. The van der Waals surface area contributed by atoms with Crippen LogP contribution in [0, 0.1) is 6.92 Å². The van der Waals surface area contributed by atoms with Crippen LogP contribution in [-0.4, -0.2) is 51.0 Å². The summed E-state index contributed by atoms with van der Waals surface area (Å²) >= 11 is 0. The second-order valence-corrected chi connectivity index (χ2v) is 9.00. The molecule has 0 radical (unpaired) electrons. The number of aryl methyl sites for hydroxylation is 2. The van der Waals surface area contributed by atoms with Crippen LogP contribution in [0.25, 0.3) is 5.76 Å². The molecular formula is C29H33N3O5. The van der Waals surface area contributed by atoms with Gasteiger partial charge in [0.15, 0.2) is 11.5 Å². The first-order valence-electron chi connectivity index (χ1n) is 12.6. The van der Waals surface area contributed by atoms with E-state index in [4.69, 9.17) is 9.47 Å². The summed E-state index contributed by atoms with van der Waals surface area (Å²) in [7, 11) is 0. The molecule has 1 aliphatic heterocycles. The molecule has 1 aromatic heterocycles. The van der Waals surface area contributed by atoms with Crippen LogP contribution in [0.2, 0.25) is 0 Å². The summed E-state index contributed by atoms with van der Waals surface area (Å²) in [5.74, 6) is -0.385. The second-order valence-electron chi connectivity index (χ2n) is 9.00. The molecule has 1 aliphatic rings. The zero-order valence-electron chi connectivity index (χ0n) is 21.5. The number of benzene rings is 2. The molecule has 3 aromatic rings. The maximum atomic E-state index is 13.3. The minimum Gasteiger partial charge on any atom is -0.507 e. The Balaban J connectivity index is 1.76. The van der Waals surface area contributed by atoms with Crippen molar-refractivity contribution in [2.45, 2.75) is 46.2 Å². The molecule has 1 atom stereocenters. The number of carbonyl (C=O) groups excluding carboxylic acids is 2. The summed E-state index contributed by atoms with van der Waals surface area (Å²) in [6.45, 7) is 7.80. The predicted octanol–water partition coefficient (Wildman–Crippen LogP) is 4.89. The molecule has 0 spiro atoms. The standard InChI is InChI=1S/C29H33N3O5/c1-4-17-37-23-12-11-22(18-24(23)36-5-2)26-25(27(33)21-9-7-20(3)8-10-21)28(34)29(35)32(26)15-6-14-31-16-13-30-19-31/h7-13,16,18-19,26,33H,4-6,14-15,17H2,1-3H3. The topological polar surface area (TPSA) is 93.9 Å². The normalized spacial score (nSPS) is 16.8. The fourth-order valence-electron chi connectivity index (χ4n) is 4.46. The molecule has 194 valence electrons. The second kappa shape index (κ2) is 11.8. The summed E-state index contributed by atoms with van der Waals surface area (Å²) in [6, 6.07) is 11.9. The van der Waals surface area contributed by atoms with Crippen LogP contribution in [0.1, 0.15) is 49.4 Å². The number of ketones is 1. The Labute approximate surface area is 217 Å². The van der Waals surface area contributed by atoms with Gasteiger partial charge in [0.25, 0.3) is 11.7 Å². The number of aliphatic hydroxyl groups is 1. The van der Waals surface area contributed by atoms with Gasteiger partial charge in [-0.2, -0.15) is 0 Å². The van der Waals surface area contributed by atoms with Crippen molar-refractivity contribution in [3.05, 3.63) is 83.4 Å².